The van der Waals surface area contributed by atoms with Gasteiger partial charge in [0.1, 0.15) is 13.2 Å². The van der Waals surface area contributed by atoms with Gasteiger partial charge in [-0.25, -0.2) is 0 Å². The van der Waals surface area contributed by atoms with E-state index in [1.54, 1.807) is 12.1 Å². The zero-order valence-electron chi connectivity index (χ0n) is 9.61. The molecule has 19 heavy (non-hydrogen) atoms. The van der Waals surface area contributed by atoms with Crippen molar-refractivity contribution in [1.82, 2.24) is 0 Å². The molecule has 0 N–H and O–H groups in total. The highest BCUT2D eigenvalue weighted by Crippen LogP contribution is 2.37. The number of hydrogen-bond donors (Lipinski definition) is 0. The highest BCUT2D eigenvalue weighted by Gasteiger charge is 2.21. The van der Waals surface area contributed by atoms with Gasteiger partial charge < -0.3 is 9.47 Å². The van der Waals surface area contributed by atoms with Crippen LogP contribution in [0.1, 0.15) is 15.2 Å². The Morgan fingerprint density at radius 3 is 2.58 bits per heavy atom. The van der Waals surface area contributed by atoms with E-state index in [0.29, 0.717) is 40.2 Å². The van der Waals surface area contributed by atoms with Crippen LogP contribution in [0.2, 0.25) is 5.02 Å². The third-order valence-corrected chi connectivity index (χ3v) is 4.85. The number of benzene rings is 1. The topological polar surface area (TPSA) is 35.5 Å². The molecule has 1 aromatic heterocycles. The molecule has 0 bridgehead atoms. The first-order valence-electron chi connectivity index (χ1n) is 5.53. The van der Waals surface area contributed by atoms with Crippen molar-refractivity contribution in [3.8, 4) is 11.5 Å². The van der Waals surface area contributed by atoms with E-state index in [0.717, 1.165) is 4.47 Å². The van der Waals surface area contributed by atoms with Gasteiger partial charge in [0, 0.05) is 16.1 Å². The molecule has 0 unspecified atom stereocenters. The number of ether oxygens (including phenoxy) is 2. The first kappa shape index (κ1) is 13.0. The van der Waals surface area contributed by atoms with Crippen molar-refractivity contribution < 1.29 is 14.3 Å². The van der Waals surface area contributed by atoms with Crippen LogP contribution in [0.15, 0.2) is 28.1 Å². The number of thiophene rings is 1. The van der Waals surface area contributed by atoms with E-state index in [4.69, 9.17) is 21.1 Å². The molecular formula is C13H8BrClO3S. The van der Waals surface area contributed by atoms with Gasteiger partial charge in [0.25, 0.3) is 0 Å². The molecule has 3 nitrogen and oxygen atoms in total. The van der Waals surface area contributed by atoms with Crippen molar-refractivity contribution in [2.45, 2.75) is 0 Å². The summed E-state index contributed by atoms with van der Waals surface area (Å²) >= 11 is 10.9. The summed E-state index contributed by atoms with van der Waals surface area (Å²) < 4.78 is 11.7. The first-order valence-corrected chi connectivity index (χ1v) is 7.58. The molecule has 0 atom stereocenters. The van der Waals surface area contributed by atoms with Crippen LogP contribution in [-0.2, 0) is 0 Å². The van der Waals surface area contributed by atoms with Crippen LogP contribution in [0.25, 0.3) is 0 Å². The predicted molar refractivity (Wildman–Crippen MR) is 77.9 cm³/mol. The standard InChI is InChI=1S/C13H8BrClO3S/c14-8-1-4-19-13(8)12(16)7-5-10-11(6-9(7)15)18-3-2-17-10/h1,4-6H,2-3H2. The molecule has 3 rings (SSSR count). The molecule has 0 aliphatic carbocycles. The molecule has 1 aliphatic rings. The van der Waals surface area contributed by atoms with Crippen molar-refractivity contribution in [2.75, 3.05) is 13.2 Å². The van der Waals surface area contributed by atoms with Gasteiger partial charge in [0.15, 0.2) is 11.5 Å². The van der Waals surface area contributed by atoms with Crippen LogP contribution in [0.3, 0.4) is 0 Å². The molecule has 0 saturated heterocycles. The van der Waals surface area contributed by atoms with Crippen LogP contribution in [0, 0.1) is 0 Å². The average Bonchev–Trinajstić information content (AvgIpc) is 2.83. The monoisotopic (exact) mass is 358 g/mol. The minimum absolute atomic E-state index is 0.121. The van der Waals surface area contributed by atoms with Crippen LogP contribution >= 0.6 is 38.9 Å². The smallest absolute Gasteiger partial charge is 0.205 e. The third-order valence-electron chi connectivity index (χ3n) is 2.70. The van der Waals surface area contributed by atoms with Crippen LogP contribution in [0.5, 0.6) is 11.5 Å². The highest BCUT2D eigenvalue weighted by atomic mass is 79.9. The summed E-state index contributed by atoms with van der Waals surface area (Å²) in [5.74, 6) is 1.02. The fourth-order valence-corrected chi connectivity index (χ4v) is 3.56. The van der Waals surface area contributed by atoms with E-state index < -0.39 is 0 Å². The second kappa shape index (κ2) is 5.15. The first-order chi connectivity index (χ1) is 9.16. The number of ketones is 1. The van der Waals surface area contributed by atoms with Crippen molar-refractivity contribution in [1.29, 1.82) is 0 Å². The van der Waals surface area contributed by atoms with Gasteiger partial charge in [-0.2, -0.15) is 0 Å². The lowest BCUT2D eigenvalue weighted by atomic mass is 10.1. The minimum Gasteiger partial charge on any atom is -0.486 e. The predicted octanol–water partition coefficient (Wildman–Crippen LogP) is 4.17. The van der Waals surface area contributed by atoms with Gasteiger partial charge in [-0.05, 0) is 33.4 Å². The lowest BCUT2D eigenvalue weighted by molar-refractivity contribution is 0.104. The van der Waals surface area contributed by atoms with E-state index in [2.05, 4.69) is 15.9 Å². The summed E-state index contributed by atoms with van der Waals surface area (Å²) in [6.07, 6.45) is 0. The lowest BCUT2D eigenvalue weighted by Crippen LogP contribution is -2.16. The second-order valence-electron chi connectivity index (χ2n) is 3.90. The van der Waals surface area contributed by atoms with Gasteiger partial charge in [0.2, 0.25) is 5.78 Å². The zero-order chi connectivity index (χ0) is 13.4. The summed E-state index contributed by atoms with van der Waals surface area (Å²) in [4.78, 5) is 13.1. The van der Waals surface area contributed by atoms with Crippen LogP contribution in [0.4, 0.5) is 0 Å². The Morgan fingerprint density at radius 2 is 1.95 bits per heavy atom. The Labute approximate surface area is 127 Å². The summed E-state index contributed by atoms with van der Waals surface area (Å²) in [5.41, 5.74) is 0.425. The number of carbonyl (C=O) groups excluding carboxylic acids is 1. The van der Waals surface area contributed by atoms with Crippen molar-refractivity contribution in [3.05, 3.63) is 43.5 Å². The number of halogens is 2. The number of hydrogen-bond acceptors (Lipinski definition) is 4. The van der Waals surface area contributed by atoms with Gasteiger partial charge >= 0.3 is 0 Å². The maximum Gasteiger partial charge on any atom is 0.205 e. The van der Waals surface area contributed by atoms with Gasteiger partial charge in [-0.15, -0.1) is 11.3 Å². The average molecular weight is 360 g/mol. The van der Waals surface area contributed by atoms with E-state index in [-0.39, 0.29) is 5.78 Å². The quantitative estimate of drug-likeness (QED) is 0.755. The normalized spacial score (nSPS) is 13.4. The molecule has 1 aromatic carbocycles. The van der Waals surface area contributed by atoms with Crippen molar-refractivity contribution in [3.63, 3.8) is 0 Å². The second-order valence-corrected chi connectivity index (χ2v) is 6.08. The Balaban J connectivity index is 2.06. The van der Waals surface area contributed by atoms with Gasteiger partial charge in [0.05, 0.1) is 9.90 Å². The molecular weight excluding hydrogens is 352 g/mol. The Hall–Kier alpha value is -1.04. The third kappa shape index (κ3) is 2.38. The number of fused-ring (bicyclic) bond motifs is 1. The molecule has 2 heterocycles. The molecule has 6 heteroatoms. The van der Waals surface area contributed by atoms with Crippen LogP contribution in [-0.4, -0.2) is 19.0 Å². The fourth-order valence-electron chi connectivity index (χ4n) is 1.82. The SMILES string of the molecule is O=C(c1cc2c(cc1Cl)OCCO2)c1sccc1Br. The van der Waals surface area contributed by atoms with Crippen LogP contribution < -0.4 is 9.47 Å². The largest absolute Gasteiger partial charge is 0.486 e. The van der Waals surface area contributed by atoms with Gasteiger partial charge in [-0.3, -0.25) is 4.79 Å². The fraction of sp³-hybridized carbons (Fsp3) is 0.154. The molecule has 0 fully saturated rings. The van der Waals surface area contributed by atoms with E-state index in [1.165, 1.54) is 11.3 Å². The molecule has 1 aliphatic heterocycles. The molecule has 0 radical (unpaired) electrons. The van der Waals surface area contributed by atoms with Gasteiger partial charge in [-0.1, -0.05) is 11.6 Å². The molecule has 2 aromatic rings. The van der Waals surface area contributed by atoms with Crippen molar-refractivity contribution >= 4 is 44.7 Å². The molecule has 98 valence electrons. The summed E-state index contributed by atoms with van der Waals surface area (Å²) in [7, 11) is 0. The zero-order valence-corrected chi connectivity index (χ0v) is 12.8. The minimum atomic E-state index is -0.121. The Kier molecular flexibility index (Phi) is 3.52. The van der Waals surface area contributed by atoms with E-state index in [9.17, 15) is 4.79 Å². The highest BCUT2D eigenvalue weighted by molar-refractivity contribution is 9.10. The maximum absolute atomic E-state index is 12.4. The Bertz CT molecular complexity index is 653. The maximum atomic E-state index is 12.4. The summed E-state index contributed by atoms with van der Waals surface area (Å²) in [5, 5.41) is 2.22. The van der Waals surface area contributed by atoms with Crippen molar-refractivity contribution in [2.24, 2.45) is 0 Å². The Morgan fingerprint density at radius 1 is 1.26 bits per heavy atom. The number of carbonyl (C=O) groups is 1. The number of rotatable bonds is 2. The summed E-state index contributed by atoms with van der Waals surface area (Å²) in [6, 6.07) is 5.11. The molecule has 0 amide bonds. The van der Waals surface area contributed by atoms with E-state index >= 15 is 0 Å². The van der Waals surface area contributed by atoms with E-state index in [1.807, 2.05) is 11.4 Å². The molecule has 0 spiro atoms. The molecule has 0 saturated carbocycles. The lowest BCUT2D eigenvalue weighted by Gasteiger charge is -2.19. The summed E-state index contributed by atoms with van der Waals surface area (Å²) in [6.45, 7) is 0.970.